The average Bonchev–Trinajstić information content (AvgIpc) is 3.30. The van der Waals surface area contributed by atoms with Crippen molar-refractivity contribution in [3.63, 3.8) is 0 Å². The van der Waals surface area contributed by atoms with Crippen molar-refractivity contribution in [1.82, 2.24) is 25.1 Å². The zero-order chi connectivity index (χ0) is 31.0. The first-order valence-corrected chi connectivity index (χ1v) is 15.0. The molecule has 0 bridgehead atoms. The van der Waals surface area contributed by atoms with Crippen molar-refractivity contribution in [1.29, 1.82) is 0 Å². The molecule has 3 atom stereocenters. The summed E-state index contributed by atoms with van der Waals surface area (Å²) in [7, 11) is 1.87. The van der Waals surface area contributed by atoms with Crippen molar-refractivity contribution in [3.8, 4) is 0 Å². The largest absolute Gasteiger partial charge is 0.382 e. The number of nitrogens with zero attached hydrogens (tertiary/aromatic N) is 5. The molecule has 0 radical (unpaired) electrons. The Morgan fingerprint density at radius 2 is 1.91 bits per heavy atom. The van der Waals surface area contributed by atoms with Crippen LogP contribution in [0.4, 0.5) is 28.8 Å². The molecule has 0 aliphatic carbocycles. The number of aryl methyl sites for hydroxylation is 1. The van der Waals surface area contributed by atoms with Crippen LogP contribution in [0.3, 0.4) is 0 Å². The molecule has 0 saturated carbocycles. The molecule has 2 aromatic carbocycles. The summed E-state index contributed by atoms with van der Waals surface area (Å²) in [5.74, 6) is 0.279. The molecule has 2 saturated heterocycles. The summed E-state index contributed by atoms with van der Waals surface area (Å²) in [6, 6.07) is 13.7. The van der Waals surface area contributed by atoms with Gasteiger partial charge in [0.15, 0.2) is 5.82 Å². The van der Waals surface area contributed by atoms with E-state index in [9.17, 15) is 14.4 Å². The second-order valence-electron chi connectivity index (χ2n) is 11.5. The van der Waals surface area contributed by atoms with E-state index in [1.165, 1.54) is 6.92 Å². The fourth-order valence-electron chi connectivity index (χ4n) is 5.96. The molecule has 3 amide bonds. The van der Waals surface area contributed by atoms with Gasteiger partial charge in [0.05, 0.1) is 23.3 Å². The van der Waals surface area contributed by atoms with Gasteiger partial charge in [-0.05, 0) is 55.2 Å². The molecule has 2 aliphatic heterocycles. The highest BCUT2D eigenvalue weighted by Crippen LogP contribution is 2.33. The highest BCUT2D eigenvalue weighted by molar-refractivity contribution is 6.32. The van der Waals surface area contributed by atoms with E-state index in [0.717, 1.165) is 41.8 Å². The quantitative estimate of drug-likeness (QED) is 0.220. The number of fused-ring (bicyclic) bond motifs is 1. The molecule has 2 aromatic heterocycles. The zero-order valence-corrected chi connectivity index (χ0v) is 25.5. The fourth-order valence-corrected chi connectivity index (χ4v) is 6.09. The Hall–Kier alpha value is -4.71. The van der Waals surface area contributed by atoms with Crippen molar-refractivity contribution in [2.45, 2.75) is 45.1 Å². The van der Waals surface area contributed by atoms with E-state index >= 15 is 0 Å². The van der Waals surface area contributed by atoms with Gasteiger partial charge in [-0.15, -0.1) is 0 Å². The third kappa shape index (κ3) is 6.16. The van der Waals surface area contributed by atoms with Gasteiger partial charge in [0.1, 0.15) is 5.02 Å². The van der Waals surface area contributed by atoms with Crippen LogP contribution in [0, 0.1) is 5.92 Å². The van der Waals surface area contributed by atoms with Crippen LogP contribution in [0.5, 0.6) is 0 Å². The van der Waals surface area contributed by atoms with Gasteiger partial charge < -0.3 is 20.9 Å². The summed E-state index contributed by atoms with van der Waals surface area (Å²) in [6.07, 6.45) is 3.26. The van der Waals surface area contributed by atoms with Crippen molar-refractivity contribution >= 4 is 69.1 Å². The van der Waals surface area contributed by atoms with E-state index in [-0.39, 0.29) is 29.7 Å². The lowest BCUT2D eigenvalue weighted by atomic mass is 9.92. The maximum Gasteiger partial charge on any atom is 0.235 e. The predicted molar refractivity (Wildman–Crippen MR) is 170 cm³/mol. The first kappa shape index (κ1) is 29.4. The number of hydrogen-bond acceptors (Lipinski definition) is 9. The second-order valence-corrected chi connectivity index (χ2v) is 11.9. The number of benzene rings is 2. The third-order valence-corrected chi connectivity index (χ3v) is 8.44. The van der Waals surface area contributed by atoms with Gasteiger partial charge in [0.25, 0.3) is 0 Å². The lowest BCUT2D eigenvalue weighted by Gasteiger charge is -2.37. The van der Waals surface area contributed by atoms with Gasteiger partial charge in [-0.2, -0.15) is 10.1 Å². The van der Waals surface area contributed by atoms with Gasteiger partial charge in [0.2, 0.25) is 23.7 Å². The smallest absolute Gasteiger partial charge is 0.235 e. The molecule has 0 spiro atoms. The maximum atomic E-state index is 12.5. The molecule has 2 aliphatic rings. The topological polar surface area (TPSA) is 146 Å². The number of imide groups is 1. The molecule has 12 nitrogen and oxygen atoms in total. The number of piperidine rings is 2. The van der Waals surface area contributed by atoms with Crippen LogP contribution >= 0.6 is 11.6 Å². The van der Waals surface area contributed by atoms with Crippen molar-refractivity contribution < 1.29 is 14.4 Å². The fraction of sp³-hybridized carbons (Fsp3) is 0.355. The summed E-state index contributed by atoms with van der Waals surface area (Å²) in [5, 5.41) is 18.1. The number of carbonyl (C=O) groups excluding carboxylic acids is 3. The first-order valence-electron chi connectivity index (χ1n) is 14.6. The van der Waals surface area contributed by atoms with Crippen LogP contribution < -0.4 is 26.2 Å². The van der Waals surface area contributed by atoms with Crippen molar-refractivity contribution in [3.05, 3.63) is 59.4 Å². The van der Waals surface area contributed by atoms with E-state index < -0.39 is 5.92 Å². The normalized spacial score (nSPS) is 20.4. The number of rotatable bonds is 7. The number of anilines is 5. The van der Waals surface area contributed by atoms with Crippen LogP contribution in [0.15, 0.2) is 48.7 Å². The van der Waals surface area contributed by atoms with E-state index in [2.05, 4.69) is 49.2 Å². The van der Waals surface area contributed by atoms with Crippen LogP contribution in [0.25, 0.3) is 10.9 Å². The lowest BCUT2D eigenvalue weighted by Crippen LogP contribution is -2.46. The zero-order valence-electron chi connectivity index (χ0n) is 24.7. The highest BCUT2D eigenvalue weighted by Gasteiger charge is 2.32. The minimum absolute atomic E-state index is 0.145. The molecule has 4 aromatic rings. The van der Waals surface area contributed by atoms with Crippen LogP contribution in [0.2, 0.25) is 5.02 Å². The van der Waals surface area contributed by atoms with Gasteiger partial charge in [0, 0.05) is 62.0 Å². The molecule has 2 fully saturated rings. The van der Waals surface area contributed by atoms with Gasteiger partial charge in [-0.3, -0.25) is 24.4 Å². The molecule has 44 heavy (non-hydrogen) atoms. The number of hydrogen-bond donors (Lipinski definition) is 4. The Morgan fingerprint density at radius 1 is 1.09 bits per heavy atom. The standard InChI is InChI=1S/C31H34ClN9O3/c1-17-16-41(31-33-15-24(32)29(38-31)36-20-6-4-5-19(13-20)34-18(2)42)12-11-25(17)35-21-7-8-22-26(14-21)40(3)39-28(22)23-9-10-27(43)37-30(23)44/h4-8,13-15,17,23,25,35H,9-12,16H2,1-3H3,(H,34,42)(H,33,36,38)(H,37,43,44)/t17-,23?,25-/m1/s1. The van der Waals surface area contributed by atoms with Gasteiger partial charge in [-0.1, -0.05) is 24.6 Å². The summed E-state index contributed by atoms with van der Waals surface area (Å²) in [6.45, 7) is 5.18. The second kappa shape index (κ2) is 12.1. The molecule has 1 unspecified atom stereocenters. The average molecular weight is 616 g/mol. The first-order chi connectivity index (χ1) is 21.1. The number of halogens is 1. The van der Waals surface area contributed by atoms with E-state index in [4.69, 9.17) is 16.6 Å². The summed E-state index contributed by atoms with van der Waals surface area (Å²) < 4.78 is 1.80. The number of nitrogens with one attached hydrogen (secondary N) is 4. The maximum absolute atomic E-state index is 12.5. The highest BCUT2D eigenvalue weighted by atomic mass is 35.5. The predicted octanol–water partition coefficient (Wildman–Crippen LogP) is 4.57. The number of amides is 3. The van der Waals surface area contributed by atoms with Crippen LogP contribution in [-0.2, 0) is 21.4 Å². The number of aromatic nitrogens is 4. The minimum atomic E-state index is -0.431. The molecule has 4 heterocycles. The van der Waals surface area contributed by atoms with Crippen LogP contribution in [-0.4, -0.2) is 56.6 Å². The van der Waals surface area contributed by atoms with E-state index in [0.29, 0.717) is 41.0 Å². The summed E-state index contributed by atoms with van der Waals surface area (Å²) in [5.41, 5.74) is 4.04. The molecular formula is C31H34ClN9O3. The Morgan fingerprint density at radius 3 is 2.68 bits per heavy atom. The van der Waals surface area contributed by atoms with E-state index in [1.807, 2.05) is 43.4 Å². The third-order valence-electron chi connectivity index (χ3n) is 8.17. The molecule has 228 valence electrons. The molecule has 4 N–H and O–H groups in total. The lowest BCUT2D eigenvalue weighted by molar-refractivity contribution is -0.134. The van der Waals surface area contributed by atoms with Crippen LogP contribution in [0.1, 0.15) is 44.7 Å². The summed E-state index contributed by atoms with van der Waals surface area (Å²) in [4.78, 5) is 46.9. The Kier molecular flexibility index (Phi) is 8.09. The number of carbonyl (C=O) groups is 3. The van der Waals surface area contributed by atoms with E-state index in [1.54, 1.807) is 10.9 Å². The molecule has 6 rings (SSSR count). The van der Waals surface area contributed by atoms with Crippen molar-refractivity contribution in [2.24, 2.45) is 13.0 Å². The minimum Gasteiger partial charge on any atom is -0.382 e. The van der Waals surface area contributed by atoms with Gasteiger partial charge in [-0.25, -0.2) is 4.98 Å². The SMILES string of the molecule is CC(=O)Nc1cccc(Nc2nc(N3CC[C@@H](Nc4ccc5c(C6CCC(=O)NC6=O)nn(C)c5c4)[C@H](C)C3)ncc2Cl)c1. The van der Waals surface area contributed by atoms with Gasteiger partial charge >= 0.3 is 0 Å². The Bertz CT molecular complexity index is 1760. The monoisotopic (exact) mass is 615 g/mol. The molecule has 13 heteroatoms. The Labute approximate surface area is 259 Å². The van der Waals surface area contributed by atoms with Crippen molar-refractivity contribution in [2.75, 3.05) is 33.9 Å². The summed E-state index contributed by atoms with van der Waals surface area (Å²) >= 11 is 6.44. The molecular weight excluding hydrogens is 582 g/mol. The Balaban J connectivity index is 1.12.